The van der Waals surface area contributed by atoms with Crippen molar-refractivity contribution in [1.82, 2.24) is 9.88 Å². The van der Waals surface area contributed by atoms with Crippen molar-refractivity contribution in [2.45, 2.75) is 20.3 Å². The quantitative estimate of drug-likeness (QED) is 0.664. The number of hydrogen-bond acceptors (Lipinski definition) is 3. The van der Waals surface area contributed by atoms with Crippen LogP contribution in [0.25, 0.3) is 10.9 Å². The van der Waals surface area contributed by atoms with Crippen LogP contribution in [0, 0.1) is 0 Å². The highest BCUT2D eigenvalue weighted by Gasteiger charge is 2.11. The van der Waals surface area contributed by atoms with E-state index in [1.807, 2.05) is 24.4 Å². The summed E-state index contributed by atoms with van der Waals surface area (Å²) in [7, 11) is 2.10. The van der Waals surface area contributed by atoms with E-state index in [1.165, 1.54) is 12.5 Å². The number of rotatable bonds is 5. The average Bonchev–Trinajstić information content (AvgIpc) is 2.79. The summed E-state index contributed by atoms with van der Waals surface area (Å²) < 4.78 is 5.29. The number of esters is 1. The van der Waals surface area contributed by atoms with Gasteiger partial charge in [0, 0.05) is 30.6 Å². The van der Waals surface area contributed by atoms with Gasteiger partial charge in [0.1, 0.15) is 5.75 Å². The molecule has 2 aromatic rings. The zero-order valence-electron chi connectivity index (χ0n) is 11.7. The average molecular weight is 260 g/mol. The SMILES string of the molecule is CCN(C)CCc1c[nH]c2cccc(OC(C)=O)c12. The predicted molar refractivity (Wildman–Crippen MR) is 76.5 cm³/mol. The van der Waals surface area contributed by atoms with E-state index in [1.54, 1.807) is 0 Å². The highest BCUT2D eigenvalue weighted by atomic mass is 16.5. The van der Waals surface area contributed by atoms with Crippen molar-refractivity contribution in [3.05, 3.63) is 30.0 Å². The lowest BCUT2D eigenvalue weighted by atomic mass is 10.1. The number of fused-ring (bicyclic) bond motifs is 1. The third kappa shape index (κ3) is 3.15. The van der Waals surface area contributed by atoms with Gasteiger partial charge < -0.3 is 14.6 Å². The van der Waals surface area contributed by atoms with Gasteiger partial charge in [0.05, 0.1) is 0 Å². The highest BCUT2D eigenvalue weighted by Crippen LogP contribution is 2.29. The maximum Gasteiger partial charge on any atom is 0.308 e. The van der Waals surface area contributed by atoms with E-state index in [9.17, 15) is 4.79 Å². The van der Waals surface area contributed by atoms with E-state index in [4.69, 9.17) is 4.74 Å². The van der Waals surface area contributed by atoms with Gasteiger partial charge in [0.2, 0.25) is 0 Å². The minimum atomic E-state index is -0.287. The molecule has 0 bridgehead atoms. The molecule has 0 atom stereocenters. The molecule has 4 nitrogen and oxygen atoms in total. The Labute approximate surface area is 113 Å². The van der Waals surface area contributed by atoms with E-state index in [2.05, 4.69) is 23.9 Å². The number of hydrogen-bond donors (Lipinski definition) is 1. The molecule has 4 heteroatoms. The zero-order valence-corrected chi connectivity index (χ0v) is 11.7. The van der Waals surface area contributed by atoms with Gasteiger partial charge in [-0.1, -0.05) is 13.0 Å². The van der Waals surface area contributed by atoms with Crippen molar-refractivity contribution >= 4 is 16.9 Å². The first kappa shape index (κ1) is 13.6. The minimum Gasteiger partial charge on any atom is -0.426 e. The summed E-state index contributed by atoms with van der Waals surface area (Å²) in [6.07, 6.45) is 2.93. The molecule has 0 aliphatic heterocycles. The van der Waals surface area contributed by atoms with Crippen LogP contribution in [-0.2, 0) is 11.2 Å². The van der Waals surface area contributed by atoms with Crippen molar-refractivity contribution in [2.24, 2.45) is 0 Å². The molecule has 1 N–H and O–H groups in total. The van der Waals surface area contributed by atoms with Gasteiger partial charge in [0.25, 0.3) is 0 Å². The fourth-order valence-corrected chi connectivity index (χ4v) is 2.13. The maximum atomic E-state index is 11.2. The summed E-state index contributed by atoms with van der Waals surface area (Å²) in [5.41, 5.74) is 2.19. The van der Waals surface area contributed by atoms with E-state index in [0.717, 1.165) is 30.4 Å². The molecule has 0 aliphatic rings. The molecule has 102 valence electrons. The Morgan fingerprint density at radius 3 is 2.89 bits per heavy atom. The smallest absolute Gasteiger partial charge is 0.308 e. The fraction of sp³-hybridized carbons (Fsp3) is 0.400. The second-order valence-electron chi connectivity index (χ2n) is 4.73. The van der Waals surface area contributed by atoms with Crippen LogP contribution in [0.1, 0.15) is 19.4 Å². The van der Waals surface area contributed by atoms with Crippen LogP contribution in [0.4, 0.5) is 0 Å². The zero-order chi connectivity index (χ0) is 13.8. The van der Waals surface area contributed by atoms with Gasteiger partial charge in [-0.05, 0) is 37.7 Å². The summed E-state index contributed by atoms with van der Waals surface area (Å²) in [4.78, 5) is 16.7. The lowest BCUT2D eigenvalue weighted by molar-refractivity contribution is -0.131. The molecule has 1 heterocycles. The summed E-state index contributed by atoms with van der Waals surface area (Å²) in [5, 5.41) is 1.02. The predicted octanol–water partition coefficient (Wildman–Crippen LogP) is 2.59. The standard InChI is InChI=1S/C15H20N2O2/c1-4-17(3)9-8-12-10-16-13-6-5-7-14(15(12)13)19-11(2)18/h5-7,10,16H,4,8-9H2,1-3H3. The molecule has 1 aromatic carbocycles. The first-order valence-electron chi connectivity index (χ1n) is 6.57. The molecule has 0 spiro atoms. The van der Waals surface area contributed by atoms with Gasteiger partial charge in [-0.25, -0.2) is 0 Å². The number of aromatic nitrogens is 1. The lowest BCUT2D eigenvalue weighted by Gasteiger charge is -2.13. The molecule has 19 heavy (non-hydrogen) atoms. The Kier molecular flexibility index (Phi) is 4.22. The second kappa shape index (κ2) is 5.89. The normalized spacial score (nSPS) is 11.2. The number of ether oxygens (including phenoxy) is 1. The molecule has 0 saturated heterocycles. The van der Waals surface area contributed by atoms with Crippen molar-refractivity contribution in [3.8, 4) is 5.75 Å². The van der Waals surface area contributed by atoms with Crippen LogP contribution < -0.4 is 4.74 Å². The minimum absolute atomic E-state index is 0.287. The Morgan fingerprint density at radius 1 is 1.42 bits per heavy atom. The molecule has 0 amide bonds. The Bertz CT molecular complexity index is 575. The van der Waals surface area contributed by atoms with Crippen LogP contribution in [0.5, 0.6) is 5.75 Å². The van der Waals surface area contributed by atoms with Crippen LogP contribution in [-0.4, -0.2) is 36.0 Å². The van der Waals surface area contributed by atoms with Crippen LogP contribution in [0.15, 0.2) is 24.4 Å². The number of carbonyl (C=O) groups is 1. The van der Waals surface area contributed by atoms with Crippen LogP contribution >= 0.6 is 0 Å². The first-order chi connectivity index (χ1) is 9.11. The number of nitrogens with zero attached hydrogens (tertiary/aromatic N) is 1. The van der Waals surface area contributed by atoms with Crippen LogP contribution in [0.3, 0.4) is 0 Å². The van der Waals surface area contributed by atoms with Gasteiger partial charge in [0.15, 0.2) is 0 Å². The van der Waals surface area contributed by atoms with E-state index < -0.39 is 0 Å². The summed E-state index contributed by atoms with van der Waals surface area (Å²) in [6.45, 7) is 5.58. The molecule has 2 rings (SSSR count). The summed E-state index contributed by atoms with van der Waals surface area (Å²) in [6, 6.07) is 5.72. The fourth-order valence-electron chi connectivity index (χ4n) is 2.13. The maximum absolute atomic E-state index is 11.2. The summed E-state index contributed by atoms with van der Waals surface area (Å²) >= 11 is 0. The Balaban J connectivity index is 2.31. The molecule has 0 unspecified atom stereocenters. The number of H-pyrrole nitrogens is 1. The third-order valence-electron chi connectivity index (χ3n) is 3.31. The molecule has 0 fully saturated rings. The number of aromatic amines is 1. The van der Waals surface area contributed by atoms with Gasteiger partial charge in [-0.2, -0.15) is 0 Å². The molecule has 1 aromatic heterocycles. The Morgan fingerprint density at radius 2 is 2.21 bits per heavy atom. The van der Waals surface area contributed by atoms with E-state index in [0.29, 0.717) is 5.75 Å². The van der Waals surface area contributed by atoms with Gasteiger partial charge >= 0.3 is 5.97 Å². The van der Waals surface area contributed by atoms with Gasteiger partial charge in [-0.15, -0.1) is 0 Å². The summed E-state index contributed by atoms with van der Waals surface area (Å²) in [5.74, 6) is 0.353. The largest absolute Gasteiger partial charge is 0.426 e. The van der Waals surface area contributed by atoms with Crippen LogP contribution in [0.2, 0.25) is 0 Å². The Hall–Kier alpha value is -1.81. The second-order valence-corrected chi connectivity index (χ2v) is 4.73. The van der Waals surface area contributed by atoms with E-state index in [-0.39, 0.29) is 5.97 Å². The van der Waals surface area contributed by atoms with E-state index >= 15 is 0 Å². The third-order valence-corrected chi connectivity index (χ3v) is 3.31. The van der Waals surface area contributed by atoms with Crippen molar-refractivity contribution in [2.75, 3.05) is 20.1 Å². The molecule has 0 radical (unpaired) electrons. The number of carbonyl (C=O) groups excluding carboxylic acids is 1. The first-order valence-corrected chi connectivity index (χ1v) is 6.57. The number of benzene rings is 1. The number of nitrogens with one attached hydrogen (secondary N) is 1. The topological polar surface area (TPSA) is 45.3 Å². The molecule has 0 aliphatic carbocycles. The van der Waals surface area contributed by atoms with Crippen molar-refractivity contribution < 1.29 is 9.53 Å². The highest BCUT2D eigenvalue weighted by molar-refractivity contribution is 5.91. The lowest BCUT2D eigenvalue weighted by Crippen LogP contribution is -2.20. The molecule has 0 saturated carbocycles. The molecular weight excluding hydrogens is 240 g/mol. The molecular formula is C15H20N2O2. The van der Waals surface area contributed by atoms with Crippen molar-refractivity contribution in [1.29, 1.82) is 0 Å². The van der Waals surface area contributed by atoms with Gasteiger partial charge in [-0.3, -0.25) is 4.79 Å². The monoisotopic (exact) mass is 260 g/mol. The number of likely N-dealkylation sites (N-methyl/N-ethyl adjacent to an activating group) is 1. The van der Waals surface area contributed by atoms with Crippen molar-refractivity contribution in [3.63, 3.8) is 0 Å².